The number of amides is 1. The lowest BCUT2D eigenvalue weighted by atomic mass is 9.76. The molecule has 1 radical (unpaired) electrons. The van der Waals surface area contributed by atoms with Gasteiger partial charge in [-0.25, -0.2) is 15.0 Å². The van der Waals surface area contributed by atoms with Crippen LogP contribution in [0.2, 0.25) is 0 Å². The van der Waals surface area contributed by atoms with Gasteiger partial charge in [0.1, 0.15) is 29.0 Å². The van der Waals surface area contributed by atoms with Crippen molar-refractivity contribution in [3.63, 3.8) is 0 Å². The van der Waals surface area contributed by atoms with Crippen molar-refractivity contribution in [1.29, 1.82) is 0 Å². The molecule has 0 aliphatic heterocycles. The van der Waals surface area contributed by atoms with Crippen molar-refractivity contribution in [3.8, 4) is 11.5 Å². The van der Waals surface area contributed by atoms with Crippen LogP contribution < -0.4 is 25.2 Å². The number of carbonyl (C=O) groups is 1. The number of hydrogen-bond donors (Lipinski definition) is 2. The number of ether oxygens (including phenoxy) is 3. The summed E-state index contributed by atoms with van der Waals surface area (Å²) in [7, 11) is 1.12. The van der Waals surface area contributed by atoms with Gasteiger partial charge in [-0.3, -0.25) is 9.36 Å². The van der Waals surface area contributed by atoms with Gasteiger partial charge in [0, 0.05) is 5.56 Å². The first-order valence-electron chi connectivity index (χ1n) is 21.4. The molecule has 2 atom stereocenters. The maximum atomic E-state index is 13.6. The van der Waals surface area contributed by atoms with E-state index in [1.54, 1.807) is 44.8 Å². The molecule has 1 amide bonds. The summed E-state index contributed by atoms with van der Waals surface area (Å²) in [5.74, 6) is 1.22. The number of aromatic nitrogens is 4. The largest absolute Gasteiger partial charge is 0.497 e. The van der Waals surface area contributed by atoms with E-state index in [1.165, 1.54) is 6.33 Å². The smallest absolute Gasteiger partial charge is 0.285 e. The first kappa shape index (κ1) is 44.6. The lowest BCUT2D eigenvalue weighted by Gasteiger charge is -2.50. The minimum absolute atomic E-state index is 0.222. The van der Waals surface area contributed by atoms with E-state index in [9.17, 15) is 9.90 Å². The van der Waals surface area contributed by atoms with Gasteiger partial charge in [0.05, 0.1) is 27.2 Å². The Kier molecular flexibility index (Phi) is 13.3. The summed E-state index contributed by atoms with van der Waals surface area (Å²) in [6.45, 7) is 5.86. The van der Waals surface area contributed by atoms with Gasteiger partial charge in [-0.2, -0.15) is 0 Å². The molecular weight excluding hydrogens is 831 g/mol. The van der Waals surface area contributed by atoms with Crippen molar-refractivity contribution in [2.75, 3.05) is 26.1 Å². The lowest BCUT2D eigenvalue weighted by Crippen LogP contribution is -2.57. The second kappa shape index (κ2) is 19.4. The SMILES string of the molecule is COc1ccc(C(OC(CO)(CC(C)(C)C)C(O[Si](c2ccccc2)c2ccccc2)n2cnc3c(NC(=O)c4ccccc4)ncnc32)(c2ccccc2)c2ccc(OC)cc2)cc1. The van der Waals surface area contributed by atoms with Crippen LogP contribution in [0.15, 0.2) is 183 Å². The predicted molar refractivity (Wildman–Crippen MR) is 255 cm³/mol. The Morgan fingerprint density at radius 2 is 1.15 bits per heavy atom. The molecule has 2 aromatic heterocycles. The van der Waals surface area contributed by atoms with E-state index in [0.717, 1.165) is 27.1 Å². The second-order valence-corrected chi connectivity index (χ2v) is 19.0. The first-order valence-corrected chi connectivity index (χ1v) is 22.8. The van der Waals surface area contributed by atoms with E-state index in [0.29, 0.717) is 28.2 Å². The van der Waals surface area contributed by atoms with Crippen molar-refractivity contribution in [3.05, 3.63) is 205 Å². The number of benzene rings is 6. The van der Waals surface area contributed by atoms with Crippen LogP contribution in [-0.2, 0) is 14.8 Å². The fourth-order valence-corrected chi connectivity index (χ4v) is 10.6. The number of anilines is 1. The highest BCUT2D eigenvalue weighted by Crippen LogP contribution is 2.50. The molecule has 2 unspecified atom stereocenters. The summed E-state index contributed by atoms with van der Waals surface area (Å²) >= 11 is 0. The third kappa shape index (κ3) is 9.47. The van der Waals surface area contributed by atoms with Crippen LogP contribution in [0.4, 0.5) is 5.82 Å². The van der Waals surface area contributed by atoms with Crippen LogP contribution in [-0.4, -0.2) is 66.0 Å². The number of nitrogens with one attached hydrogen (secondary N) is 1. The lowest BCUT2D eigenvalue weighted by molar-refractivity contribution is -0.222. The summed E-state index contributed by atoms with van der Waals surface area (Å²) in [6, 6.07) is 54.8. The summed E-state index contributed by atoms with van der Waals surface area (Å²) in [5, 5.41) is 17.5. The van der Waals surface area contributed by atoms with Crippen LogP contribution in [0.25, 0.3) is 11.2 Å². The van der Waals surface area contributed by atoms with E-state index in [4.69, 9.17) is 28.6 Å². The number of methoxy groups -OCH3 is 2. The summed E-state index contributed by atoms with van der Waals surface area (Å²) in [4.78, 5) is 27.8. The fourth-order valence-electron chi connectivity index (χ4n) is 8.44. The highest BCUT2D eigenvalue weighted by molar-refractivity contribution is 6.80. The molecule has 0 fully saturated rings. The van der Waals surface area contributed by atoms with Gasteiger partial charge in [0.2, 0.25) is 0 Å². The van der Waals surface area contributed by atoms with Gasteiger partial charge < -0.3 is 29.1 Å². The van der Waals surface area contributed by atoms with Gasteiger partial charge in [-0.05, 0) is 75.3 Å². The number of nitrogens with zero attached hydrogens (tertiary/aromatic N) is 4. The van der Waals surface area contributed by atoms with Crippen LogP contribution in [0, 0.1) is 5.41 Å². The monoisotopic (exact) mass is 882 g/mol. The highest BCUT2D eigenvalue weighted by Gasteiger charge is 2.53. The Morgan fingerprint density at radius 3 is 1.65 bits per heavy atom. The van der Waals surface area contributed by atoms with Crippen LogP contribution in [0.1, 0.15) is 60.5 Å². The number of aliphatic hydroxyl groups is 1. The zero-order valence-electron chi connectivity index (χ0n) is 37.1. The van der Waals surface area contributed by atoms with E-state index < -0.39 is 38.5 Å². The highest BCUT2D eigenvalue weighted by atomic mass is 28.3. The Labute approximate surface area is 381 Å². The van der Waals surface area contributed by atoms with Gasteiger partial charge in [-0.15, -0.1) is 0 Å². The summed E-state index contributed by atoms with van der Waals surface area (Å²) in [6.07, 6.45) is 2.20. The van der Waals surface area contributed by atoms with Gasteiger partial charge in [0.15, 0.2) is 23.2 Å². The molecule has 0 saturated heterocycles. The molecule has 12 heteroatoms. The van der Waals surface area contributed by atoms with Crippen molar-refractivity contribution in [1.82, 2.24) is 19.5 Å². The van der Waals surface area contributed by atoms with E-state index in [1.807, 2.05) is 126 Å². The molecule has 0 saturated carbocycles. The molecule has 0 aliphatic carbocycles. The molecule has 6 aromatic carbocycles. The molecule has 2 N–H and O–H groups in total. The zero-order valence-corrected chi connectivity index (χ0v) is 38.1. The standard InChI is InChI=1S/C53H52N5O6Si/c1-51(2,3)34-52(35-59,64-53(39-20-12-7-13-21-39,40-26-30-42(61-4)31-27-40)41-28-32-43(62-5)33-29-41)50(63-65(44-22-14-8-15-23-44)45-24-16-9-17-25-45)58-37-56-46-47(54-36-55-48(46)58)57-49(60)38-18-10-6-11-19-38/h6-33,36-37,50,59H,34-35H2,1-5H3,(H,54,55,57,60). The third-order valence-corrected chi connectivity index (χ3v) is 13.4. The average molecular weight is 883 g/mol. The molecule has 0 spiro atoms. The summed E-state index contributed by atoms with van der Waals surface area (Å²) in [5.41, 5.74) is 0.0825. The van der Waals surface area contributed by atoms with E-state index in [-0.39, 0.29) is 18.1 Å². The minimum Gasteiger partial charge on any atom is -0.497 e. The molecule has 11 nitrogen and oxygen atoms in total. The Morgan fingerprint density at radius 1 is 0.662 bits per heavy atom. The van der Waals surface area contributed by atoms with Gasteiger partial charge in [0.25, 0.3) is 14.9 Å². The van der Waals surface area contributed by atoms with E-state index in [2.05, 4.69) is 55.3 Å². The topological polar surface area (TPSA) is 130 Å². The molecule has 329 valence electrons. The average Bonchev–Trinajstić information content (AvgIpc) is 3.78. The third-order valence-electron chi connectivity index (χ3n) is 11.3. The van der Waals surface area contributed by atoms with Crippen molar-refractivity contribution >= 4 is 42.3 Å². The second-order valence-electron chi connectivity index (χ2n) is 17.0. The van der Waals surface area contributed by atoms with E-state index >= 15 is 0 Å². The molecule has 0 bridgehead atoms. The fraction of sp³-hybridized carbons (Fsp3) is 0.208. The number of aliphatic hydroxyl groups excluding tert-OH is 1. The van der Waals surface area contributed by atoms with Crippen molar-refractivity contribution < 1.29 is 28.5 Å². The Bertz CT molecular complexity index is 2700. The molecule has 2 heterocycles. The van der Waals surface area contributed by atoms with Crippen LogP contribution >= 0.6 is 0 Å². The number of imidazole rings is 1. The zero-order chi connectivity index (χ0) is 45.4. The first-order chi connectivity index (χ1) is 31.6. The Balaban J connectivity index is 1.42. The molecule has 65 heavy (non-hydrogen) atoms. The molecule has 8 aromatic rings. The number of fused-ring (bicyclic) bond motifs is 1. The number of hydrogen-bond acceptors (Lipinski definition) is 9. The van der Waals surface area contributed by atoms with Crippen molar-refractivity contribution in [2.45, 2.75) is 44.6 Å². The number of rotatable bonds is 17. The van der Waals surface area contributed by atoms with Crippen LogP contribution in [0.5, 0.6) is 11.5 Å². The maximum Gasteiger partial charge on any atom is 0.285 e. The molecular formula is C53H52N5O6Si. The molecule has 0 aliphatic rings. The maximum absolute atomic E-state index is 13.6. The normalized spacial score (nSPS) is 13.3. The van der Waals surface area contributed by atoms with Crippen LogP contribution in [0.3, 0.4) is 0 Å². The van der Waals surface area contributed by atoms with Crippen molar-refractivity contribution in [2.24, 2.45) is 5.41 Å². The van der Waals surface area contributed by atoms with Gasteiger partial charge >= 0.3 is 0 Å². The van der Waals surface area contributed by atoms with Gasteiger partial charge in [-0.1, -0.05) is 154 Å². The minimum atomic E-state index is -2.15. The quantitative estimate of drug-likeness (QED) is 0.0683. The molecule has 8 rings (SSSR count). The number of carbonyl (C=O) groups excluding carboxylic acids is 1. The Hall–Kier alpha value is -6.96. The summed E-state index contributed by atoms with van der Waals surface area (Å²) < 4.78 is 29.0. The predicted octanol–water partition coefficient (Wildman–Crippen LogP) is 8.59.